The van der Waals surface area contributed by atoms with E-state index in [0.717, 1.165) is 64.2 Å². The van der Waals surface area contributed by atoms with E-state index in [2.05, 4.69) is 74.6 Å². The zero-order chi connectivity index (χ0) is 40.5. The lowest BCUT2D eigenvalue weighted by molar-refractivity contribution is -0.161. The molecule has 318 valence electrons. The van der Waals surface area contributed by atoms with Crippen LogP contribution in [-0.2, 0) is 32.7 Å². The van der Waals surface area contributed by atoms with Crippen LogP contribution in [0.4, 0.5) is 0 Å². The number of carbonyl (C=O) groups excluding carboxylic acids is 2. The monoisotopic (exact) mass is 794 g/mol. The van der Waals surface area contributed by atoms with Crippen LogP contribution in [-0.4, -0.2) is 68.3 Å². The smallest absolute Gasteiger partial charge is 0.462 e. The highest BCUT2D eigenvalue weighted by Gasteiger charge is 2.26. The second-order valence-electron chi connectivity index (χ2n) is 14.5. The molecule has 1 N–H and O–H groups in total. The predicted octanol–water partition coefficient (Wildman–Crippen LogP) is 12.3. The third-order valence-corrected chi connectivity index (χ3v) is 9.82. The van der Waals surface area contributed by atoms with E-state index in [-0.39, 0.29) is 26.1 Å². The topological polar surface area (TPSA) is 112 Å². The molecule has 0 saturated carbocycles. The van der Waals surface area contributed by atoms with Gasteiger partial charge >= 0.3 is 19.8 Å². The summed E-state index contributed by atoms with van der Waals surface area (Å²) in [6.45, 7) is 4.16. The summed E-state index contributed by atoms with van der Waals surface area (Å²) in [7, 11) is -0.730. The average Bonchev–Trinajstić information content (AvgIpc) is 3.15. The summed E-state index contributed by atoms with van der Waals surface area (Å²) in [4.78, 5) is 37.0. The number of carbonyl (C=O) groups is 2. The Morgan fingerprint density at radius 1 is 0.582 bits per heavy atom. The number of ether oxygens (including phenoxy) is 2. The Labute approximate surface area is 336 Å². The first-order valence-electron chi connectivity index (χ1n) is 21.6. The Kier molecular flexibility index (Phi) is 38.3. The molecule has 0 radical (unpaired) electrons. The SMILES string of the molecule is CC/C=C\C/C=C\C/C=C\C/C=C\C/C=C\CCCCCC(=O)OCC(COP(=O)(O)OCCN(C)C)OC(=O)CCCCCCCCCCCCCCC. The average molecular weight is 794 g/mol. The van der Waals surface area contributed by atoms with Crippen molar-refractivity contribution in [1.29, 1.82) is 0 Å². The van der Waals surface area contributed by atoms with E-state index in [4.69, 9.17) is 18.5 Å². The van der Waals surface area contributed by atoms with E-state index in [9.17, 15) is 19.0 Å². The number of hydrogen-bond acceptors (Lipinski definition) is 8. The van der Waals surface area contributed by atoms with Crippen LogP contribution in [0.15, 0.2) is 60.8 Å². The quantitative estimate of drug-likeness (QED) is 0.0281. The van der Waals surface area contributed by atoms with Gasteiger partial charge in [-0.3, -0.25) is 18.6 Å². The fraction of sp³-hybridized carbons (Fsp3) is 0.733. The first-order valence-corrected chi connectivity index (χ1v) is 23.1. The van der Waals surface area contributed by atoms with Crippen molar-refractivity contribution < 1.29 is 37.6 Å². The summed E-state index contributed by atoms with van der Waals surface area (Å²) >= 11 is 0. The molecule has 9 nitrogen and oxygen atoms in total. The molecule has 2 unspecified atom stereocenters. The Balaban J connectivity index is 4.35. The maximum atomic E-state index is 12.6. The van der Waals surface area contributed by atoms with Crippen molar-refractivity contribution in [3.8, 4) is 0 Å². The molecule has 2 atom stereocenters. The normalized spacial score (nSPS) is 14.0. The number of esters is 2. The Morgan fingerprint density at radius 2 is 1.04 bits per heavy atom. The molecule has 0 aromatic carbocycles. The maximum absolute atomic E-state index is 12.6. The molecule has 0 aromatic heterocycles. The zero-order valence-corrected chi connectivity index (χ0v) is 36.2. The van der Waals surface area contributed by atoms with Crippen molar-refractivity contribution in [2.24, 2.45) is 0 Å². The molecule has 0 aliphatic rings. The number of nitrogens with zero attached hydrogens (tertiary/aromatic N) is 1. The van der Waals surface area contributed by atoms with E-state index >= 15 is 0 Å². The minimum Gasteiger partial charge on any atom is -0.462 e. The van der Waals surface area contributed by atoms with Gasteiger partial charge < -0.3 is 19.3 Å². The van der Waals surface area contributed by atoms with E-state index in [1.807, 2.05) is 19.0 Å². The summed E-state index contributed by atoms with van der Waals surface area (Å²) in [6, 6.07) is 0. The fourth-order valence-corrected chi connectivity index (χ4v) is 6.28. The minimum atomic E-state index is -4.37. The molecule has 0 aliphatic heterocycles. The van der Waals surface area contributed by atoms with E-state index in [0.29, 0.717) is 19.4 Å². The molecule has 0 amide bonds. The van der Waals surface area contributed by atoms with Gasteiger partial charge in [0.2, 0.25) is 0 Å². The molecule has 10 heteroatoms. The van der Waals surface area contributed by atoms with Gasteiger partial charge in [-0.1, -0.05) is 158 Å². The Morgan fingerprint density at radius 3 is 1.55 bits per heavy atom. The summed E-state index contributed by atoms with van der Waals surface area (Å²) < 4.78 is 33.4. The van der Waals surface area contributed by atoms with E-state index in [1.165, 1.54) is 64.2 Å². The number of hydrogen-bond donors (Lipinski definition) is 1. The van der Waals surface area contributed by atoms with Gasteiger partial charge in [0.1, 0.15) is 6.61 Å². The standard InChI is InChI=1S/C45H80NO8P/c1-5-7-9-11-13-15-17-19-20-21-22-23-24-26-27-29-31-33-35-37-44(47)51-41-43(42-53-55(49,50)52-40-39-46(3)4)54-45(48)38-36-34-32-30-28-25-18-16-14-12-10-8-6-2/h7,9,13,15,19-20,22-23,26-27,43H,5-6,8,10-12,14,16-18,21,24-25,28-42H2,1-4H3,(H,49,50)/b9-7-,15-13-,20-19-,23-22-,27-26-. The molecule has 0 aliphatic carbocycles. The summed E-state index contributed by atoms with van der Waals surface area (Å²) in [5, 5.41) is 0. The number of likely N-dealkylation sites (N-methyl/N-ethyl adjacent to an activating group) is 1. The molecular formula is C45H80NO8P. The van der Waals surface area contributed by atoms with Gasteiger partial charge in [0.25, 0.3) is 0 Å². The number of unbranched alkanes of at least 4 members (excludes halogenated alkanes) is 15. The van der Waals surface area contributed by atoms with Crippen LogP contribution in [0.2, 0.25) is 0 Å². The third kappa shape index (κ3) is 41.2. The van der Waals surface area contributed by atoms with Gasteiger partial charge in [-0.25, -0.2) is 4.57 Å². The van der Waals surface area contributed by atoms with E-state index < -0.39 is 32.5 Å². The molecular weight excluding hydrogens is 713 g/mol. The summed E-state index contributed by atoms with van der Waals surface area (Å²) in [5.41, 5.74) is 0. The van der Waals surface area contributed by atoms with Crippen LogP contribution >= 0.6 is 7.82 Å². The molecule has 55 heavy (non-hydrogen) atoms. The lowest BCUT2D eigenvalue weighted by Crippen LogP contribution is -2.29. The largest absolute Gasteiger partial charge is 0.472 e. The lowest BCUT2D eigenvalue weighted by Gasteiger charge is -2.20. The first-order chi connectivity index (χ1) is 26.7. The van der Waals surface area contributed by atoms with Crippen molar-refractivity contribution in [2.45, 2.75) is 174 Å². The van der Waals surface area contributed by atoms with E-state index in [1.54, 1.807) is 0 Å². The molecule has 0 rings (SSSR count). The maximum Gasteiger partial charge on any atom is 0.472 e. The molecule has 0 fully saturated rings. The van der Waals surface area contributed by atoms with Crippen molar-refractivity contribution in [1.82, 2.24) is 4.90 Å². The Bertz CT molecular complexity index is 1100. The highest BCUT2D eigenvalue weighted by molar-refractivity contribution is 7.47. The van der Waals surface area contributed by atoms with Crippen molar-refractivity contribution in [2.75, 3.05) is 40.5 Å². The van der Waals surface area contributed by atoms with Crippen LogP contribution in [0.1, 0.15) is 168 Å². The lowest BCUT2D eigenvalue weighted by atomic mass is 10.0. The second kappa shape index (κ2) is 39.9. The molecule has 0 saturated heterocycles. The van der Waals surface area contributed by atoms with Gasteiger partial charge in [-0.15, -0.1) is 0 Å². The van der Waals surface area contributed by atoms with Gasteiger partial charge in [0.15, 0.2) is 6.10 Å². The molecule has 0 spiro atoms. The van der Waals surface area contributed by atoms with Crippen LogP contribution in [0.25, 0.3) is 0 Å². The van der Waals surface area contributed by atoms with Gasteiger partial charge in [-0.05, 0) is 71.9 Å². The molecule has 0 bridgehead atoms. The predicted molar refractivity (Wildman–Crippen MR) is 229 cm³/mol. The van der Waals surface area contributed by atoms with Gasteiger partial charge in [0.05, 0.1) is 13.2 Å². The Hall–Kier alpha value is -2.29. The summed E-state index contributed by atoms with van der Waals surface area (Å²) in [5.74, 6) is -0.842. The van der Waals surface area contributed by atoms with Crippen molar-refractivity contribution in [3.05, 3.63) is 60.8 Å². The molecule has 0 aromatic rings. The van der Waals surface area contributed by atoms with Crippen LogP contribution < -0.4 is 0 Å². The van der Waals surface area contributed by atoms with Crippen LogP contribution in [0.3, 0.4) is 0 Å². The third-order valence-electron chi connectivity index (χ3n) is 8.84. The minimum absolute atomic E-state index is 0.000342. The van der Waals surface area contributed by atoms with Gasteiger partial charge in [-0.2, -0.15) is 0 Å². The van der Waals surface area contributed by atoms with Crippen molar-refractivity contribution >= 4 is 19.8 Å². The van der Waals surface area contributed by atoms with Crippen LogP contribution in [0, 0.1) is 0 Å². The fourth-order valence-electron chi connectivity index (χ4n) is 5.54. The van der Waals surface area contributed by atoms with Gasteiger partial charge in [0, 0.05) is 19.4 Å². The second-order valence-corrected chi connectivity index (χ2v) is 15.9. The van der Waals surface area contributed by atoms with Crippen molar-refractivity contribution in [3.63, 3.8) is 0 Å². The summed E-state index contributed by atoms with van der Waals surface area (Å²) in [6.07, 6.45) is 45.5. The number of allylic oxidation sites excluding steroid dienone is 10. The zero-order valence-electron chi connectivity index (χ0n) is 35.3. The number of phosphoric ester groups is 1. The molecule has 0 heterocycles. The van der Waals surface area contributed by atoms with Crippen LogP contribution in [0.5, 0.6) is 0 Å². The highest BCUT2D eigenvalue weighted by Crippen LogP contribution is 2.43. The number of rotatable bonds is 39. The first kappa shape index (κ1) is 52.7. The number of phosphoric acid groups is 1. The highest BCUT2D eigenvalue weighted by atomic mass is 31.2.